The fraction of sp³-hybridized carbons (Fsp3) is 0.533. The number of likely N-dealkylation sites (N-methyl/N-ethyl adjacent to an activating group) is 1. The van der Waals surface area contributed by atoms with Crippen molar-refractivity contribution in [3.8, 4) is 0 Å². The van der Waals surface area contributed by atoms with Crippen molar-refractivity contribution in [2.24, 2.45) is 0 Å². The number of rotatable bonds is 5. The first-order valence-corrected chi connectivity index (χ1v) is 8.48. The molecule has 3 rings (SSSR count). The molecule has 0 unspecified atom stereocenters. The second-order valence-electron chi connectivity index (χ2n) is 5.45. The summed E-state index contributed by atoms with van der Waals surface area (Å²) in [4.78, 5) is 13.7. The largest absolute Gasteiger partial charge is 0.356 e. The fourth-order valence-electron chi connectivity index (χ4n) is 2.55. The van der Waals surface area contributed by atoms with Crippen molar-refractivity contribution in [2.45, 2.75) is 20.4 Å². The smallest absolute Gasteiger partial charge is 0.202 e. The summed E-state index contributed by atoms with van der Waals surface area (Å²) < 4.78 is 4.16. The summed E-state index contributed by atoms with van der Waals surface area (Å²) in [6, 6.07) is 4.25. The number of aromatic nitrogens is 3. The van der Waals surface area contributed by atoms with Crippen LogP contribution >= 0.6 is 11.5 Å². The molecule has 1 aliphatic rings. The first kappa shape index (κ1) is 15.2. The highest BCUT2D eigenvalue weighted by atomic mass is 32.1. The van der Waals surface area contributed by atoms with Gasteiger partial charge in [-0.2, -0.15) is 4.37 Å². The molecular weight excluding hydrogens is 296 g/mol. The van der Waals surface area contributed by atoms with Crippen LogP contribution in [0.5, 0.6) is 0 Å². The summed E-state index contributed by atoms with van der Waals surface area (Å²) in [6.07, 6.45) is 1.95. The summed E-state index contributed by atoms with van der Waals surface area (Å²) in [7, 11) is 0. The zero-order valence-electron chi connectivity index (χ0n) is 13.1. The van der Waals surface area contributed by atoms with Crippen LogP contribution in [-0.4, -0.2) is 52.0 Å². The average molecular weight is 318 g/mol. The van der Waals surface area contributed by atoms with E-state index >= 15 is 0 Å². The number of anilines is 2. The van der Waals surface area contributed by atoms with E-state index in [0.717, 1.165) is 61.6 Å². The lowest BCUT2D eigenvalue weighted by molar-refractivity contribution is 0.270. The Morgan fingerprint density at radius 2 is 2.05 bits per heavy atom. The second kappa shape index (κ2) is 7.02. The standard InChI is InChI=1S/C15H22N6S/c1-3-20-6-8-21(9-7-20)14-5-4-13(10-16-14)11-17-15-18-12(2)19-22-15/h4-5,10H,3,6-9,11H2,1-2H3,(H,17,18,19). The van der Waals surface area contributed by atoms with E-state index in [-0.39, 0.29) is 0 Å². The molecule has 6 nitrogen and oxygen atoms in total. The predicted octanol–water partition coefficient (Wildman–Crippen LogP) is 2.00. The molecule has 1 aliphatic heterocycles. The highest BCUT2D eigenvalue weighted by Crippen LogP contribution is 2.16. The zero-order valence-corrected chi connectivity index (χ0v) is 13.9. The number of aryl methyl sites for hydroxylation is 1. The molecule has 7 heteroatoms. The van der Waals surface area contributed by atoms with Crippen LogP contribution in [-0.2, 0) is 6.54 Å². The Kier molecular flexibility index (Phi) is 4.84. The van der Waals surface area contributed by atoms with Crippen LogP contribution in [0.2, 0.25) is 0 Å². The predicted molar refractivity (Wildman–Crippen MR) is 90.5 cm³/mol. The first-order valence-electron chi connectivity index (χ1n) is 7.71. The maximum absolute atomic E-state index is 4.61. The van der Waals surface area contributed by atoms with E-state index in [1.54, 1.807) is 0 Å². The van der Waals surface area contributed by atoms with Crippen LogP contribution in [0.15, 0.2) is 18.3 Å². The SMILES string of the molecule is CCN1CCN(c2ccc(CNc3nc(C)ns3)cn2)CC1. The molecule has 0 amide bonds. The van der Waals surface area contributed by atoms with Gasteiger partial charge in [0, 0.05) is 50.5 Å². The quantitative estimate of drug-likeness (QED) is 0.910. The van der Waals surface area contributed by atoms with Crippen LogP contribution in [0.4, 0.5) is 10.9 Å². The summed E-state index contributed by atoms with van der Waals surface area (Å²) in [5, 5.41) is 4.14. The van der Waals surface area contributed by atoms with E-state index in [2.05, 4.69) is 48.5 Å². The van der Waals surface area contributed by atoms with E-state index < -0.39 is 0 Å². The molecule has 2 aromatic heterocycles. The van der Waals surface area contributed by atoms with Gasteiger partial charge in [-0.25, -0.2) is 9.97 Å². The summed E-state index contributed by atoms with van der Waals surface area (Å²) >= 11 is 1.39. The van der Waals surface area contributed by atoms with E-state index in [1.807, 2.05) is 13.1 Å². The number of piperazine rings is 1. The molecule has 1 N–H and O–H groups in total. The van der Waals surface area contributed by atoms with Crippen molar-refractivity contribution in [3.05, 3.63) is 29.7 Å². The third-order valence-corrected chi connectivity index (χ3v) is 4.69. The lowest BCUT2D eigenvalue weighted by Gasteiger charge is -2.34. The summed E-state index contributed by atoms with van der Waals surface area (Å²) in [5.74, 6) is 1.89. The van der Waals surface area contributed by atoms with Crippen molar-refractivity contribution < 1.29 is 0 Å². The normalized spacial score (nSPS) is 16.0. The van der Waals surface area contributed by atoms with Crippen LogP contribution < -0.4 is 10.2 Å². The molecule has 22 heavy (non-hydrogen) atoms. The topological polar surface area (TPSA) is 57.2 Å². The molecule has 0 radical (unpaired) electrons. The lowest BCUT2D eigenvalue weighted by atomic mass is 10.2. The molecule has 0 saturated carbocycles. The third kappa shape index (κ3) is 3.72. The van der Waals surface area contributed by atoms with Gasteiger partial charge in [-0.15, -0.1) is 0 Å². The van der Waals surface area contributed by atoms with Crippen molar-refractivity contribution in [1.29, 1.82) is 0 Å². The van der Waals surface area contributed by atoms with Gasteiger partial charge in [0.2, 0.25) is 5.13 Å². The van der Waals surface area contributed by atoms with Gasteiger partial charge in [0.05, 0.1) is 0 Å². The summed E-state index contributed by atoms with van der Waals surface area (Å²) in [5.41, 5.74) is 1.16. The number of nitrogens with zero attached hydrogens (tertiary/aromatic N) is 5. The number of hydrogen-bond acceptors (Lipinski definition) is 7. The summed E-state index contributed by atoms with van der Waals surface area (Å²) in [6.45, 7) is 10.3. The minimum absolute atomic E-state index is 0.728. The molecule has 0 aromatic carbocycles. The average Bonchev–Trinajstić information content (AvgIpc) is 2.99. The Morgan fingerprint density at radius 1 is 1.23 bits per heavy atom. The zero-order chi connectivity index (χ0) is 15.4. The highest BCUT2D eigenvalue weighted by molar-refractivity contribution is 7.09. The van der Waals surface area contributed by atoms with E-state index in [9.17, 15) is 0 Å². The van der Waals surface area contributed by atoms with Crippen molar-refractivity contribution in [2.75, 3.05) is 42.9 Å². The third-order valence-electron chi connectivity index (χ3n) is 3.92. The van der Waals surface area contributed by atoms with Gasteiger partial charge in [0.1, 0.15) is 11.6 Å². The van der Waals surface area contributed by atoms with Crippen LogP contribution in [0.3, 0.4) is 0 Å². The van der Waals surface area contributed by atoms with Gasteiger partial charge in [-0.05, 0) is 25.1 Å². The fourth-order valence-corrected chi connectivity index (χ4v) is 3.12. The molecular formula is C15H22N6S. The van der Waals surface area contributed by atoms with Crippen LogP contribution in [0.25, 0.3) is 0 Å². The minimum atomic E-state index is 0.728. The van der Waals surface area contributed by atoms with E-state index in [4.69, 9.17) is 0 Å². The Labute approximate surface area is 135 Å². The molecule has 1 fully saturated rings. The van der Waals surface area contributed by atoms with Gasteiger partial charge in [0.15, 0.2) is 0 Å². The number of hydrogen-bond donors (Lipinski definition) is 1. The van der Waals surface area contributed by atoms with E-state index in [1.165, 1.54) is 11.5 Å². The monoisotopic (exact) mass is 318 g/mol. The number of nitrogens with one attached hydrogen (secondary N) is 1. The molecule has 0 aliphatic carbocycles. The molecule has 3 heterocycles. The van der Waals surface area contributed by atoms with Crippen LogP contribution in [0, 0.1) is 6.92 Å². The Balaban J connectivity index is 1.54. The molecule has 0 atom stereocenters. The van der Waals surface area contributed by atoms with Gasteiger partial charge in [-0.3, -0.25) is 0 Å². The number of pyridine rings is 1. The lowest BCUT2D eigenvalue weighted by Crippen LogP contribution is -2.46. The van der Waals surface area contributed by atoms with Crippen molar-refractivity contribution in [1.82, 2.24) is 19.2 Å². The molecule has 2 aromatic rings. The molecule has 118 valence electrons. The highest BCUT2D eigenvalue weighted by Gasteiger charge is 2.16. The van der Waals surface area contributed by atoms with Gasteiger partial charge >= 0.3 is 0 Å². The molecule has 0 bridgehead atoms. The maximum atomic E-state index is 4.61. The van der Waals surface area contributed by atoms with Crippen molar-refractivity contribution >= 4 is 22.5 Å². The molecule has 1 saturated heterocycles. The van der Waals surface area contributed by atoms with Crippen molar-refractivity contribution in [3.63, 3.8) is 0 Å². The van der Waals surface area contributed by atoms with Crippen LogP contribution in [0.1, 0.15) is 18.3 Å². The first-order chi connectivity index (χ1) is 10.7. The van der Waals surface area contributed by atoms with E-state index in [0.29, 0.717) is 0 Å². The van der Waals surface area contributed by atoms with Gasteiger partial charge in [-0.1, -0.05) is 13.0 Å². The minimum Gasteiger partial charge on any atom is -0.356 e. The maximum Gasteiger partial charge on any atom is 0.202 e. The Morgan fingerprint density at radius 3 is 2.64 bits per heavy atom. The second-order valence-corrected chi connectivity index (χ2v) is 6.20. The Hall–Kier alpha value is -1.73. The molecule has 0 spiro atoms. The Bertz CT molecular complexity index is 588. The van der Waals surface area contributed by atoms with Gasteiger partial charge in [0.25, 0.3) is 0 Å². The van der Waals surface area contributed by atoms with Gasteiger partial charge < -0.3 is 15.1 Å².